The summed E-state index contributed by atoms with van der Waals surface area (Å²) in [7, 11) is 3.88. The number of carbonyl (C=O) groups is 1. The van der Waals surface area contributed by atoms with Crippen molar-refractivity contribution in [3.05, 3.63) is 48.0 Å². The van der Waals surface area contributed by atoms with Crippen molar-refractivity contribution in [2.24, 2.45) is 0 Å². The first-order chi connectivity index (χ1) is 15.9. The van der Waals surface area contributed by atoms with Crippen molar-refractivity contribution in [1.29, 1.82) is 0 Å². The third kappa shape index (κ3) is 4.11. The van der Waals surface area contributed by atoms with Crippen molar-refractivity contribution in [3.8, 4) is 11.3 Å². The van der Waals surface area contributed by atoms with Crippen molar-refractivity contribution in [3.63, 3.8) is 0 Å². The fourth-order valence-corrected chi connectivity index (χ4v) is 4.99. The van der Waals surface area contributed by atoms with Crippen LogP contribution in [0.4, 0.5) is 0 Å². The highest BCUT2D eigenvalue weighted by Crippen LogP contribution is 2.38. The van der Waals surface area contributed by atoms with Gasteiger partial charge < -0.3 is 14.8 Å². The number of fused-ring (bicyclic) bond motifs is 2. The molecule has 1 saturated heterocycles. The molecule has 8 heteroatoms. The van der Waals surface area contributed by atoms with Gasteiger partial charge in [-0.25, -0.2) is 9.50 Å². The van der Waals surface area contributed by atoms with Crippen molar-refractivity contribution in [2.45, 2.75) is 38.5 Å². The van der Waals surface area contributed by atoms with Gasteiger partial charge >= 0.3 is 0 Å². The van der Waals surface area contributed by atoms with E-state index in [4.69, 9.17) is 0 Å². The average molecular weight is 446 g/mol. The second-order valence-electron chi connectivity index (χ2n) is 9.61. The van der Waals surface area contributed by atoms with Gasteiger partial charge in [-0.2, -0.15) is 10.1 Å². The zero-order valence-corrected chi connectivity index (χ0v) is 19.7. The highest BCUT2D eigenvalue weighted by atomic mass is 16.2. The number of piperidine rings is 1. The molecule has 4 heterocycles. The number of benzene rings is 1. The van der Waals surface area contributed by atoms with E-state index >= 15 is 0 Å². The molecule has 0 unspecified atom stereocenters. The predicted molar refractivity (Wildman–Crippen MR) is 129 cm³/mol. The standard InChI is InChI=1S/C25H31N7O/c1-16(2)23-20-11-18(17-7-9-31(10-8-17)22(33)14-30(3)4)5-6-21(20)29-24(23)19-12-26-25-27-15-28-32(25)13-19/h5-6,11-13,15-17,29H,7-10,14H2,1-4H3. The highest BCUT2D eigenvalue weighted by molar-refractivity contribution is 5.91. The Kier molecular flexibility index (Phi) is 5.62. The molecule has 0 spiro atoms. The summed E-state index contributed by atoms with van der Waals surface area (Å²) in [5.74, 6) is 1.65. The summed E-state index contributed by atoms with van der Waals surface area (Å²) in [5, 5.41) is 5.51. The Hall–Kier alpha value is -3.26. The lowest BCUT2D eigenvalue weighted by Gasteiger charge is -2.33. The van der Waals surface area contributed by atoms with Crippen LogP contribution in [0, 0.1) is 0 Å². The largest absolute Gasteiger partial charge is 0.354 e. The molecular weight excluding hydrogens is 414 g/mol. The average Bonchev–Trinajstić information content (AvgIpc) is 3.42. The number of likely N-dealkylation sites (N-methyl/N-ethyl adjacent to an activating group) is 1. The molecule has 172 valence electrons. The van der Waals surface area contributed by atoms with Crippen LogP contribution in [0.15, 0.2) is 36.9 Å². The smallest absolute Gasteiger partial charge is 0.252 e. The molecule has 0 saturated carbocycles. The third-order valence-electron chi connectivity index (χ3n) is 6.63. The molecule has 5 rings (SSSR count). The van der Waals surface area contributed by atoms with Gasteiger partial charge in [0.2, 0.25) is 5.91 Å². The summed E-state index contributed by atoms with van der Waals surface area (Å²) in [4.78, 5) is 28.6. The molecule has 0 radical (unpaired) electrons. The Morgan fingerprint density at radius 3 is 2.73 bits per heavy atom. The van der Waals surface area contributed by atoms with E-state index in [1.165, 1.54) is 22.8 Å². The van der Waals surface area contributed by atoms with E-state index in [9.17, 15) is 4.79 Å². The van der Waals surface area contributed by atoms with Crippen LogP contribution in [0.1, 0.15) is 49.7 Å². The molecule has 33 heavy (non-hydrogen) atoms. The summed E-state index contributed by atoms with van der Waals surface area (Å²) in [5.41, 5.74) is 5.88. The van der Waals surface area contributed by atoms with Crippen LogP contribution < -0.4 is 0 Å². The zero-order valence-electron chi connectivity index (χ0n) is 19.7. The first kappa shape index (κ1) is 21.6. The van der Waals surface area contributed by atoms with E-state index in [2.05, 4.69) is 52.1 Å². The maximum absolute atomic E-state index is 12.4. The lowest BCUT2D eigenvalue weighted by atomic mass is 9.87. The second-order valence-corrected chi connectivity index (χ2v) is 9.61. The Bertz CT molecular complexity index is 1290. The van der Waals surface area contributed by atoms with E-state index in [1.54, 1.807) is 4.52 Å². The number of H-pyrrole nitrogens is 1. The first-order valence-corrected chi connectivity index (χ1v) is 11.6. The van der Waals surface area contributed by atoms with Gasteiger partial charge in [0.1, 0.15) is 6.33 Å². The predicted octanol–water partition coefficient (Wildman–Crippen LogP) is 3.66. The number of hydrogen-bond donors (Lipinski definition) is 1. The van der Waals surface area contributed by atoms with Crippen LogP contribution in [0.25, 0.3) is 27.9 Å². The van der Waals surface area contributed by atoms with Crippen molar-refractivity contribution in [2.75, 3.05) is 33.7 Å². The minimum atomic E-state index is 0.226. The Balaban J connectivity index is 1.44. The summed E-state index contributed by atoms with van der Waals surface area (Å²) in [6.07, 6.45) is 7.37. The molecule has 1 N–H and O–H groups in total. The number of aromatic nitrogens is 5. The van der Waals surface area contributed by atoms with Gasteiger partial charge in [0.05, 0.1) is 12.2 Å². The first-order valence-electron chi connectivity index (χ1n) is 11.6. The molecular formula is C25H31N7O. The Morgan fingerprint density at radius 1 is 1.21 bits per heavy atom. The molecule has 4 aromatic rings. The molecule has 1 aliphatic rings. The van der Waals surface area contributed by atoms with Crippen LogP contribution in [-0.2, 0) is 4.79 Å². The van der Waals surface area contributed by atoms with E-state index in [-0.39, 0.29) is 5.91 Å². The number of aromatic amines is 1. The zero-order chi connectivity index (χ0) is 23.1. The number of likely N-dealkylation sites (tertiary alicyclic amines) is 1. The monoisotopic (exact) mass is 445 g/mol. The van der Waals surface area contributed by atoms with Gasteiger partial charge in [0.15, 0.2) is 0 Å². The van der Waals surface area contributed by atoms with Crippen LogP contribution in [-0.4, -0.2) is 74.0 Å². The fraction of sp³-hybridized carbons (Fsp3) is 0.440. The van der Waals surface area contributed by atoms with Gasteiger partial charge in [-0.15, -0.1) is 0 Å². The van der Waals surface area contributed by atoms with Crippen molar-refractivity contribution < 1.29 is 4.79 Å². The van der Waals surface area contributed by atoms with Crippen molar-refractivity contribution >= 4 is 22.6 Å². The SMILES string of the molecule is CC(C)c1c(-c2cnc3ncnn3c2)[nH]c2ccc(C3CCN(C(=O)CN(C)C)CC3)cc12. The highest BCUT2D eigenvalue weighted by Gasteiger charge is 2.25. The number of hydrogen-bond acceptors (Lipinski definition) is 5. The Morgan fingerprint density at radius 2 is 2.00 bits per heavy atom. The second kappa shape index (κ2) is 8.59. The maximum Gasteiger partial charge on any atom is 0.252 e. The van der Waals surface area contributed by atoms with Gasteiger partial charge in [0.25, 0.3) is 5.78 Å². The topological polar surface area (TPSA) is 82.4 Å². The molecule has 8 nitrogen and oxygen atoms in total. The lowest BCUT2D eigenvalue weighted by molar-refractivity contribution is -0.132. The maximum atomic E-state index is 12.4. The molecule has 0 aliphatic carbocycles. The van der Waals surface area contributed by atoms with Crippen LogP contribution in [0.2, 0.25) is 0 Å². The summed E-state index contributed by atoms with van der Waals surface area (Å²) < 4.78 is 1.71. The van der Waals surface area contributed by atoms with E-state index < -0.39 is 0 Å². The lowest BCUT2D eigenvalue weighted by Crippen LogP contribution is -2.42. The van der Waals surface area contributed by atoms with Crippen LogP contribution in [0.3, 0.4) is 0 Å². The van der Waals surface area contributed by atoms with E-state index in [0.29, 0.717) is 24.2 Å². The molecule has 1 amide bonds. The van der Waals surface area contributed by atoms with Gasteiger partial charge in [-0.3, -0.25) is 4.79 Å². The fourth-order valence-electron chi connectivity index (χ4n) is 4.99. The number of nitrogens with zero attached hydrogens (tertiary/aromatic N) is 6. The van der Waals surface area contributed by atoms with Gasteiger partial charge in [-0.05, 0) is 62.0 Å². The molecule has 3 aromatic heterocycles. The summed E-state index contributed by atoms with van der Waals surface area (Å²) >= 11 is 0. The number of rotatable bonds is 5. The number of amides is 1. The molecule has 1 fully saturated rings. The molecule has 0 bridgehead atoms. The molecule has 1 aliphatic heterocycles. The summed E-state index contributed by atoms with van der Waals surface area (Å²) in [6.45, 7) is 6.60. The number of nitrogens with one attached hydrogen (secondary N) is 1. The molecule has 1 aromatic carbocycles. The summed E-state index contributed by atoms with van der Waals surface area (Å²) in [6, 6.07) is 6.80. The Labute approximate surface area is 193 Å². The van der Waals surface area contributed by atoms with E-state index in [1.807, 2.05) is 36.3 Å². The van der Waals surface area contributed by atoms with Crippen LogP contribution >= 0.6 is 0 Å². The van der Waals surface area contributed by atoms with Gasteiger partial charge in [0, 0.05) is 41.9 Å². The van der Waals surface area contributed by atoms with Crippen molar-refractivity contribution in [1.82, 2.24) is 34.4 Å². The van der Waals surface area contributed by atoms with Crippen LogP contribution in [0.5, 0.6) is 0 Å². The third-order valence-corrected chi connectivity index (χ3v) is 6.63. The van der Waals surface area contributed by atoms with Gasteiger partial charge in [-0.1, -0.05) is 19.9 Å². The molecule has 0 atom stereocenters. The quantitative estimate of drug-likeness (QED) is 0.507. The number of carbonyl (C=O) groups excluding carboxylic acids is 1. The normalized spacial score (nSPS) is 15.4. The minimum Gasteiger partial charge on any atom is -0.354 e. The minimum absolute atomic E-state index is 0.226. The van der Waals surface area contributed by atoms with E-state index in [0.717, 1.165) is 42.7 Å².